The first-order valence-electron chi connectivity index (χ1n) is 13.2. The van der Waals surface area contributed by atoms with E-state index in [1.54, 1.807) is 0 Å². The summed E-state index contributed by atoms with van der Waals surface area (Å²) in [6, 6.07) is 7.90. The quantitative estimate of drug-likeness (QED) is 0.384. The monoisotopic (exact) mass is 488 g/mol. The predicted molar refractivity (Wildman–Crippen MR) is 132 cm³/mol. The third kappa shape index (κ3) is 2.84. The van der Waals surface area contributed by atoms with Crippen molar-refractivity contribution < 1.29 is 23.9 Å². The van der Waals surface area contributed by atoms with Gasteiger partial charge in [0, 0.05) is 41.4 Å². The summed E-state index contributed by atoms with van der Waals surface area (Å²) in [5, 5.41) is 4.39. The van der Waals surface area contributed by atoms with Crippen LogP contribution in [0.15, 0.2) is 42.6 Å². The molecule has 1 aromatic carbocycles. The Labute approximate surface area is 210 Å². The Balaban J connectivity index is 1.35. The number of epoxide rings is 2. The van der Waals surface area contributed by atoms with Crippen LogP contribution >= 0.6 is 0 Å². The van der Waals surface area contributed by atoms with Crippen molar-refractivity contribution in [1.29, 1.82) is 0 Å². The molecule has 1 aromatic heterocycles. The number of carbonyl (C=O) groups is 3. The Kier molecular flexibility index (Phi) is 4.60. The number of benzene rings is 1. The first-order chi connectivity index (χ1) is 17.3. The van der Waals surface area contributed by atoms with Crippen molar-refractivity contribution in [3.63, 3.8) is 0 Å². The number of Topliss-reactive ketones (excluding diaryl/α,β-unsaturated/α-hetero) is 2. The molecule has 36 heavy (non-hydrogen) atoms. The number of allylic oxidation sites excluding steroid dienone is 1. The van der Waals surface area contributed by atoms with E-state index in [1.807, 2.05) is 37.4 Å². The van der Waals surface area contributed by atoms with E-state index in [0.29, 0.717) is 19.3 Å². The van der Waals surface area contributed by atoms with Gasteiger partial charge in [0.15, 0.2) is 17.7 Å². The Morgan fingerprint density at radius 3 is 2.75 bits per heavy atom. The van der Waals surface area contributed by atoms with E-state index in [2.05, 4.69) is 36.3 Å². The Bertz CT molecular complexity index is 1330. The second-order valence-corrected chi connectivity index (χ2v) is 11.9. The minimum atomic E-state index is -1.30. The van der Waals surface area contributed by atoms with Crippen LogP contribution in [0, 0.1) is 29.1 Å². The van der Waals surface area contributed by atoms with Gasteiger partial charge in [0.25, 0.3) is 0 Å². The lowest BCUT2D eigenvalue weighted by molar-refractivity contribution is -0.149. The third-order valence-electron chi connectivity index (χ3n) is 9.86. The maximum Gasteiger partial charge on any atom is 0.235 e. The van der Waals surface area contributed by atoms with Crippen LogP contribution in [0.3, 0.4) is 0 Å². The lowest BCUT2D eigenvalue weighted by Gasteiger charge is -2.45. The number of hydrogen-bond acceptors (Lipinski definition) is 5. The smallest absolute Gasteiger partial charge is 0.235 e. The van der Waals surface area contributed by atoms with Crippen LogP contribution in [-0.4, -0.2) is 52.4 Å². The van der Waals surface area contributed by atoms with Gasteiger partial charge in [-0.3, -0.25) is 14.4 Å². The highest BCUT2D eigenvalue weighted by molar-refractivity contribution is 6.13. The minimum Gasteiger partial charge on any atom is -0.365 e. The zero-order valence-corrected chi connectivity index (χ0v) is 20.8. The highest BCUT2D eigenvalue weighted by atomic mass is 16.6. The molecule has 10 atom stereocenters. The van der Waals surface area contributed by atoms with Gasteiger partial charge in [-0.1, -0.05) is 44.2 Å². The average Bonchev–Trinajstić information content (AvgIpc) is 3.72. The molecule has 3 saturated heterocycles. The van der Waals surface area contributed by atoms with Crippen LogP contribution in [0.5, 0.6) is 0 Å². The molecule has 2 N–H and O–H groups in total. The molecule has 7 rings (SSSR count). The fourth-order valence-electron chi connectivity index (χ4n) is 7.79. The number of ether oxygens (including phenoxy) is 2. The van der Waals surface area contributed by atoms with Crippen molar-refractivity contribution in [2.24, 2.45) is 29.1 Å². The number of para-hydroxylation sites is 1. The molecule has 1 saturated carbocycles. The van der Waals surface area contributed by atoms with Gasteiger partial charge in [-0.15, -0.1) is 0 Å². The molecule has 5 aliphatic rings. The van der Waals surface area contributed by atoms with Gasteiger partial charge in [-0.05, 0) is 43.2 Å². The van der Waals surface area contributed by atoms with Gasteiger partial charge in [-0.2, -0.15) is 0 Å². The standard InChI is InChI=1S/C29H32N2O5/c1-14-7-6-9-18-26-28(3,36-26)15(2)22-20(12-16-13-30-19-10-5-4-8-17(16)19)31-27(34)29(18,22)25(33)24-23(35-24)21(32)11-14/h4-6,8-10,13-15,18,20,22-24,26,30H,7,11-12H2,1-3H3,(H,31,34)/t14-,15-,18-,20?,22-,23-,24+,26-,28+,29-/m0/s1. The molecule has 1 spiro atoms. The number of nitrogens with one attached hydrogen (secondary N) is 2. The number of rotatable bonds is 2. The summed E-state index contributed by atoms with van der Waals surface area (Å²) < 4.78 is 12.0. The van der Waals surface area contributed by atoms with Crippen molar-refractivity contribution in [3.8, 4) is 0 Å². The Hall–Kier alpha value is -2.77. The number of ketones is 2. The maximum atomic E-state index is 14.3. The first kappa shape index (κ1) is 22.4. The highest BCUT2D eigenvalue weighted by Gasteiger charge is 2.80. The molecule has 7 heteroatoms. The molecule has 4 fully saturated rings. The third-order valence-corrected chi connectivity index (χ3v) is 9.86. The average molecular weight is 489 g/mol. The van der Waals surface area contributed by atoms with Gasteiger partial charge >= 0.3 is 0 Å². The van der Waals surface area contributed by atoms with Gasteiger partial charge in [0.2, 0.25) is 5.91 Å². The molecular weight excluding hydrogens is 456 g/mol. The SMILES string of the molecule is C[C@H]1CC=C[C@H]2[C@@H]3O[C@]3(C)[C@@H](C)[C@H]3C(Cc4c[nH]c5ccccc45)NC(=O)[C@]32C(=O)[C@@H]2O[C@H]2C(=O)C1. The largest absolute Gasteiger partial charge is 0.365 e. The van der Waals surface area contributed by atoms with E-state index >= 15 is 0 Å². The molecule has 1 unspecified atom stereocenters. The summed E-state index contributed by atoms with van der Waals surface area (Å²) in [7, 11) is 0. The Morgan fingerprint density at radius 2 is 1.92 bits per heavy atom. The zero-order valence-electron chi connectivity index (χ0n) is 20.8. The lowest BCUT2D eigenvalue weighted by atomic mass is 9.51. The van der Waals surface area contributed by atoms with Crippen molar-refractivity contribution in [2.75, 3.05) is 0 Å². The van der Waals surface area contributed by atoms with Gasteiger partial charge in [0.1, 0.15) is 11.5 Å². The fraction of sp³-hybridized carbons (Fsp3) is 0.552. The molecule has 7 nitrogen and oxygen atoms in total. The summed E-state index contributed by atoms with van der Waals surface area (Å²) in [6.07, 6.45) is 6.05. The summed E-state index contributed by atoms with van der Waals surface area (Å²) in [4.78, 5) is 44.6. The number of fused-ring (bicyclic) bond motifs is 4. The number of hydrogen-bond donors (Lipinski definition) is 2. The van der Waals surface area contributed by atoms with E-state index in [9.17, 15) is 14.4 Å². The molecule has 1 amide bonds. The molecular formula is C29H32N2O5. The van der Waals surface area contributed by atoms with Gasteiger partial charge in [0.05, 0.1) is 11.7 Å². The molecule has 2 aliphatic carbocycles. The van der Waals surface area contributed by atoms with Gasteiger partial charge < -0.3 is 19.8 Å². The summed E-state index contributed by atoms with van der Waals surface area (Å²) >= 11 is 0. The van der Waals surface area contributed by atoms with Crippen molar-refractivity contribution in [3.05, 3.63) is 48.2 Å². The Morgan fingerprint density at radius 1 is 1.11 bits per heavy atom. The lowest BCUT2D eigenvalue weighted by Crippen LogP contribution is -2.59. The van der Waals surface area contributed by atoms with Crippen LogP contribution in [0.1, 0.15) is 39.2 Å². The van der Waals surface area contributed by atoms with E-state index in [4.69, 9.17) is 9.47 Å². The van der Waals surface area contributed by atoms with E-state index in [0.717, 1.165) is 16.5 Å². The number of aromatic amines is 1. The van der Waals surface area contributed by atoms with Crippen LogP contribution in [0.4, 0.5) is 0 Å². The first-order valence-corrected chi connectivity index (χ1v) is 13.2. The van der Waals surface area contributed by atoms with Crippen molar-refractivity contribution in [2.45, 2.75) is 70.0 Å². The normalized spacial score (nSPS) is 45.2. The molecule has 0 bridgehead atoms. The van der Waals surface area contributed by atoms with E-state index in [-0.39, 0.29) is 58.9 Å². The van der Waals surface area contributed by atoms with E-state index in [1.165, 1.54) is 0 Å². The predicted octanol–water partition coefficient (Wildman–Crippen LogP) is 3.13. The van der Waals surface area contributed by atoms with Gasteiger partial charge in [-0.25, -0.2) is 0 Å². The molecule has 3 aliphatic heterocycles. The topological polar surface area (TPSA) is 104 Å². The minimum absolute atomic E-state index is 0.0257. The van der Waals surface area contributed by atoms with Crippen LogP contribution in [0.25, 0.3) is 10.9 Å². The zero-order chi connectivity index (χ0) is 25.0. The second-order valence-electron chi connectivity index (χ2n) is 11.9. The van der Waals surface area contributed by atoms with E-state index < -0.39 is 17.6 Å². The number of amides is 1. The van der Waals surface area contributed by atoms with Crippen LogP contribution in [-0.2, 0) is 30.3 Å². The number of H-pyrrole nitrogens is 1. The molecule has 188 valence electrons. The molecule has 2 aromatic rings. The summed E-state index contributed by atoms with van der Waals surface area (Å²) in [5.74, 6) is -1.04. The number of aromatic nitrogens is 1. The van der Waals surface area contributed by atoms with Crippen molar-refractivity contribution >= 4 is 28.4 Å². The second kappa shape index (κ2) is 7.39. The maximum absolute atomic E-state index is 14.3. The highest BCUT2D eigenvalue weighted by Crippen LogP contribution is 2.66. The number of carbonyl (C=O) groups excluding carboxylic acids is 3. The summed E-state index contributed by atoms with van der Waals surface area (Å²) in [6.45, 7) is 6.27. The van der Waals surface area contributed by atoms with Crippen LogP contribution in [0.2, 0.25) is 0 Å². The summed E-state index contributed by atoms with van der Waals surface area (Å²) in [5.41, 5.74) is 0.472. The van der Waals surface area contributed by atoms with Crippen LogP contribution < -0.4 is 5.32 Å². The molecule has 0 radical (unpaired) electrons. The fourth-order valence-corrected chi connectivity index (χ4v) is 7.79. The van der Waals surface area contributed by atoms with Crippen molar-refractivity contribution in [1.82, 2.24) is 10.3 Å². The molecule has 4 heterocycles.